The minimum atomic E-state index is -0.250. The molecular weight excluding hydrogens is 384 g/mol. The fourth-order valence-corrected chi connectivity index (χ4v) is 2.45. The molecule has 1 N–H and O–H groups in total. The Morgan fingerprint density at radius 3 is 2.56 bits per heavy atom. The SMILES string of the molecule is Fc1ccc(Br)c(CNc2cc(Cl)ccc2Br)c1. The zero-order valence-corrected chi connectivity index (χ0v) is 13.1. The van der Waals surface area contributed by atoms with Crippen molar-refractivity contribution in [3.63, 3.8) is 0 Å². The van der Waals surface area contributed by atoms with Crippen molar-refractivity contribution in [2.45, 2.75) is 6.54 Å². The highest BCUT2D eigenvalue weighted by Gasteiger charge is 2.04. The molecule has 0 saturated heterocycles. The van der Waals surface area contributed by atoms with Gasteiger partial charge in [0, 0.05) is 20.5 Å². The molecule has 1 nitrogen and oxygen atoms in total. The van der Waals surface area contributed by atoms with Crippen molar-refractivity contribution in [3.8, 4) is 0 Å². The summed E-state index contributed by atoms with van der Waals surface area (Å²) in [5.41, 5.74) is 1.72. The molecule has 2 aromatic carbocycles. The van der Waals surface area contributed by atoms with E-state index >= 15 is 0 Å². The van der Waals surface area contributed by atoms with Crippen LogP contribution in [0.4, 0.5) is 10.1 Å². The summed E-state index contributed by atoms with van der Waals surface area (Å²) >= 11 is 12.7. The smallest absolute Gasteiger partial charge is 0.123 e. The second-order valence-electron chi connectivity index (χ2n) is 3.71. The van der Waals surface area contributed by atoms with Crippen LogP contribution in [0.25, 0.3) is 0 Å². The van der Waals surface area contributed by atoms with Gasteiger partial charge in [-0.2, -0.15) is 0 Å². The monoisotopic (exact) mass is 391 g/mol. The van der Waals surface area contributed by atoms with E-state index in [9.17, 15) is 4.39 Å². The lowest BCUT2D eigenvalue weighted by Gasteiger charge is -2.10. The van der Waals surface area contributed by atoms with E-state index < -0.39 is 0 Å². The molecule has 0 spiro atoms. The fraction of sp³-hybridized carbons (Fsp3) is 0.0769. The van der Waals surface area contributed by atoms with Crippen LogP contribution in [0.1, 0.15) is 5.56 Å². The first kappa shape index (κ1) is 13.8. The van der Waals surface area contributed by atoms with Gasteiger partial charge in [-0.15, -0.1) is 0 Å². The van der Waals surface area contributed by atoms with Gasteiger partial charge in [0.25, 0.3) is 0 Å². The zero-order valence-electron chi connectivity index (χ0n) is 9.18. The molecule has 0 amide bonds. The first-order valence-corrected chi connectivity index (χ1v) is 7.15. The van der Waals surface area contributed by atoms with Crippen molar-refractivity contribution in [2.24, 2.45) is 0 Å². The third kappa shape index (κ3) is 3.46. The Balaban J connectivity index is 2.16. The molecule has 0 unspecified atom stereocenters. The highest BCUT2D eigenvalue weighted by Crippen LogP contribution is 2.27. The van der Waals surface area contributed by atoms with E-state index in [0.717, 1.165) is 20.2 Å². The summed E-state index contributed by atoms with van der Waals surface area (Å²) in [5.74, 6) is -0.250. The molecule has 2 aromatic rings. The molecule has 18 heavy (non-hydrogen) atoms. The van der Waals surface area contributed by atoms with E-state index in [0.29, 0.717) is 11.6 Å². The van der Waals surface area contributed by atoms with Crippen LogP contribution in [0.3, 0.4) is 0 Å². The van der Waals surface area contributed by atoms with Crippen molar-refractivity contribution >= 4 is 49.1 Å². The highest BCUT2D eigenvalue weighted by atomic mass is 79.9. The van der Waals surface area contributed by atoms with Crippen molar-refractivity contribution in [2.75, 3.05) is 5.32 Å². The Kier molecular flexibility index (Phi) is 4.65. The van der Waals surface area contributed by atoms with Gasteiger partial charge in [0.05, 0.1) is 5.69 Å². The number of halogens is 4. The van der Waals surface area contributed by atoms with Crippen LogP contribution >= 0.6 is 43.5 Å². The largest absolute Gasteiger partial charge is 0.380 e. The third-order valence-electron chi connectivity index (χ3n) is 2.41. The summed E-state index contributed by atoms with van der Waals surface area (Å²) in [5, 5.41) is 3.86. The standard InChI is InChI=1S/C13H9Br2ClFN/c14-11-4-2-10(17)5-8(11)7-18-13-6-9(16)1-3-12(13)15/h1-6,18H,7H2. The molecule has 94 valence electrons. The molecule has 5 heteroatoms. The lowest BCUT2D eigenvalue weighted by Crippen LogP contribution is -2.01. The van der Waals surface area contributed by atoms with Gasteiger partial charge in [-0.05, 0) is 57.9 Å². The predicted octanol–water partition coefficient (Wildman–Crippen LogP) is 5.62. The number of anilines is 1. The molecule has 0 heterocycles. The topological polar surface area (TPSA) is 12.0 Å². The predicted molar refractivity (Wildman–Crippen MR) is 80.6 cm³/mol. The highest BCUT2D eigenvalue weighted by molar-refractivity contribution is 9.10. The average molecular weight is 393 g/mol. The Bertz CT molecular complexity index is 523. The third-order valence-corrected chi connectivity index (χ3v) is 4.11. The van der Waals surface area contributed by atoms with Gasteiger partial charge < -0.3 is 5.32 Å². The van der Waals surface area contributed by atoms with Gasteiger partial charge in [-0.3, -0.25) is 0 Å². The molecule has 0 aromatic heterocycles. The maximum Gasteiger partial charge on any atom is 0.123 e. The van der Waals surface area contributed by atoms with E-state index in [1.54, 1.807) is 12.1 Å². The molecule has 0 aliphatic rings. The Labute approximate surface area is 127 Å². The molecule has 0 fully saturated rings. The summed E-state index contributed by atoms with van der Waals surface area (Å²) in [4.78, 5) is 0. The number of hydrogen-bond acceptors (Lipinski definition) is 1. The van der Waals surface area contributed by atoms with E-state index in [2.05, 4.69) is 37.2 Å². The summed E-state index contributed by atoms with van der Waals surface area (Å²) in [6.07, 6.45) is 0. The van der Waals surface area contributed by atoms with Crippen LogP contribution in [-0.2, 0) is 6.54 Å². The number of nitrogens with one attached hydrogen (secondary N) is 1. The maximum absolute atomic E-state index is 13.1. The molecule has 0 aliphatic heterocycles. The molecule has 0 aliphatic carbocycles. The lowest BCUT2D eigenvalue weighted by atomic mass is 10.2. The number of hydrogen-bond donors (Lipinski definition) is 1. The van der Waals surface area contributed by atoms with E-state index in [1.165, 1.54) is 12.1 Å². The summed E-state index contributed by atoms with van der Waals surface area (Å²) in [6, 6.07) is 10.1. The van der Waals surface area contributed by atoms with Crippen molar-refractivity contribution in [1.29, 1.82) is 0 Å². The van der Waals surface area contributed by atoms with Crippen molar-refractivity contribution < 1.29 is 4.39 Å². The van der Waals surface area contributed by atoms with Crippen LogP contribution in [0.15, 0.2) is 45.3 Å². The molecule has 0 atom stereocenters. The Morgan fingerprint density at radius 1 is 1.06 bits per heavy atom. The van der Waals surface area contributed by atoms with Crippen LogP contribution in [0.2, 0.25) is 5.02 Å². The summed E-state index contributed by atoms with van der Waals surface area (Å²) in [6.45, 7) is 0.511. The molecule has 2 rings (SSSR count). The molecule has 0 radical (unpaired) electrons. The van der Waals surface area contributed by atoms with Crippen LogP contribution < -0.4 is 5.32 Å². The van der Waals surface area contributed by atoms with E-state index in [1.807, 2.05) is 12.1 Å². The van der Waals surface area contributed by atoms with Gasteiger partial charge in [0.1, 0.15) is 5.82 Å². The molecule has 0 saturated carbocycles. The van der Waals surface area contributed by atoms with Crippen LogP contribution in [-0.4, -0.2) is 0 Å². The van der Waals surface area contributed by atoms with Gasteiger partial charge >= 0.3 is 0 Å². The van der Waals surface area contributed by atoms with Gasteiger partial charge in [0.2, 0.25) is 0 Å². The van der Waals surface area contributed by atoms with Crippen LogP contribution in [0, 0.1) is 5.82 Å². The minimum Gasteiger partial charge on any atom is -0.380 e. The average Bonchev–Trinajstić information content (AvgIpc) is 2.34. The Hall–Kier alpha value is -0.580. The summed E-state index contributed by atoms with van der Waals surface area (Å²) in [7, 11) is 0. The first-order valence-electron chi connectivity index (χ1n) is 5.19. The lowest BCUT2D eigenvalue weighted by molar-refractivity contribution is 0.625. The maximum atomic E-state index is 13.1. The van der Waals surface area contributed by atoms with Crippen LogP contribution in [0.5, 0.6) is 0 Å². The van der Waals surface area contributed by atoms with E-state index in [-0.39, 0.29) is 5.82 Å². The van der Waals surface area contributed by atoms with Gasteiger partial charge in [-0.1, -0.05) is 27.5 Å². The normalized spacial score (nSPS) is 10.4. The Morgan fingerprint density at radius 2 is 1.78 bits per heavy atom. The van der Waals surface area contributed by atoms with E-state index in [4.69, 9.17) is 11.6 Å². The zero-order chi connectivity index (χ0) is 13.1. The van der Waals surface area contributed by atoms with Gasteiger partial charge in [0.15, 0.2) is 0 Å². The van der Waals surface area contributed by atoms with Gasteiger partial charge in [-0.25, -0.2) is 4.39 Å². The minimum absolute atomic E-state index is 0.250. The quantitative estimate of drug-likeness (QED) is 0.714. The first-order chi connectivity index (χ1) is 8.56. The second-order valence-corrected chi connectivity index (χ2v) is 5.86. The molecular formula is C13H9Br2ClFN. The van der Waals surface area contributed by atoms with Crippen molar-refractivity contribution in [3.05, 3.63) is 61.7 Å². The fourth-order valence-electron chi connectivity index (χ4n) is 1.50. The number of rotatable bonds is 3. The van der Waals surface area contributed by atoms with Crippen molar-refractivity contribution in [1.82, 2.24) is 0 Å². The summed E-state index contributed by atoms with van der Waals surface area (Å²) < 4.78 is 14.9. The molecule has 0 bridgehead atoms. The number of benzene rings is 2. The second kappa shape index (κ2) is 6.04.